The van der Waals surface area contributed by atoms with Crippen LogP contribution in [0.2, 0.25) is 13.1 Å². The summed E-state index contributed by atoms with van der Waals surface area (Å²) < 4.78 is 1.39. The second kappa shape index (κ2) is 15.6. The summed E-state index contributed by atoms with van der Waals surface area (Å²) >= 11 is -2.43. The summed E-state index contributed by atoms with van der Waals surface area (Å²) in [6, 6.07) is 33.3. The Morgan fingerprint density at radius 3 is 1.31 bits per heavy atom. The number of hydrogen-bond donors (Lipinski definition) is 0. The molecule has 2 aliphatic carbocycles. The Labute approximate surface area is 300 Å². The molecule has 0 saturated heterocycles. The first-order valence-corrected chi connectivity index (χ1v) is 32.3. The molecule has 0 saturated carbocycles. The number of benzene rings is 4. The second-order valence-corrected chi connectivity index (χ2v) is 42.8. The summed E-state index contributed by atoms with van der Waals surface area (Å²) in [4.78, 5) is 0. The van der Waals surface area contributed by atoms with E-state index in [1.807, 2.05) is 0 Å². The van der Waals surface area contributed by atoms with Crippen LogP contribution in [0.15, 0.2) is 96.1 Å². The Hall–Kier alpha value is -2.55. The van der Waals surface area contributed by atoms with E-state index < -0.39 is 26.6 Å². The topological polar surface area (TPSA) is 0 Å². The van der Waals surface area contributed by atoms with Crippen molar-refractivity contribution in [1.29, 1.82) is 0 Å². The van der Waals surface area contributed by atoms with Gasteiger partial charge in [0.25, 0.3) is 0 Å². The molecule has 2 heteroatoms. The van der Waals surface area contributed by atoms with Crippen LogP contribution in [-0.4, -0.2) is 5.98 Å². The molecule has 249 valence electrons. The van der Waals surface area contributed by atoms with Gasteiger partial charge in [-0.15, -0.1) is 0 Å². The third-order valence-corrected chi connectivity index (χ3v) is 42.4. The van der Waals surface area contributed by atoms with Gasteiger partial charge >= 0.3 is 303 Å². The van der Waals surface area contributed by atoms with Crippen molar-refractivity contribution in [3.63, 3.8) is 0 Å². The molecule has 4 aromatic carbocycles. The van der Waals surface area contributed by atoms with Crippen LogP contribution in [-0.2, 0) is 20.6 Å². The van der Waals surface area contributed by atoms with E-state index >= 15 is 0 Å². The fourth-order valence-electron chi connectivity index (χ4n) is 8.81. The molecule has 0 spiro atoms. The third-order valence-electron chi connectivity index (χ3n) is 11.5. The van der Waals surface area contributed by atoms with Gasteiger partial charge in [-0.2, -0.15) is 0 Å². The Morgan fingerprint density at radius 1 is 0.542 bits per heavy atom. The van der Waals surface area contributed by atoms with E-state index in [-0.39, 0.29) is 0 Å². The predicted molar refractivity (Wildman–Crippen MR) is 211 cm³/mol. The number of hydrogen-bond acceptors (Lipinski definition) is 0. The normalized spacial score (nSPS) is 17.9. The van der Waals surface area contributed by atoms with Gasteiger partial charge in [0.15, 0.2) is 0 Å². The van der Waals surface area contributed by atoms with Crippen LogP contribution >= 0.6 is 0 Å². The molecule has 0 amide bonds. The quantitative estimate of drug-likeness (QED) is 0.118. The van der Waals surface area contributed by atoms with Crippen LogP contribution in [0, 0.1) is 0 Å². The Balaban J connectivity index is 1.52. The maximum atomic E-state index is 2.73. The van der Waals surface area contributed by atoms with E-state index in [4.69, 9.17) is 0 Å². The molecule has 0 aliphatic heterocycles. The Bertz CT molecular complexity index is 1680. The number of fused-ring (bicyclic) bond motifs is 2. The van der Waals surface area contributed by atoms with Gasteiger partial charge in [0.2, 0.25) is 0 Å². The molecular weight excluding hydrogens is 759 g/mol. The molecule has 2 aliphatic rings. The molecule has 0 fully saturated rings. The Morgan fingerprint density at radius 2 is 0.938 bits per heavy atom. The first-order valence-electron chi connectivity index (χ1n) is 19.1. The molecular formula is C46H57HfSi. The van der Waals surface area contributed by atoms with Crippen LogP contribution in [0.25, 0.3) is 34.4 Å². The van der Waals surface area contributed by atoms with Gasteiger partial charge in [-0.1, -0.05) is 0 Å². The van der Waals surface area contributed by atoms with E-state index in [2.05, 4.69) is 152 Å². The van der Waals surface area contributed by atoms with E-state index in [1.165, 1.54) is 71.9 Å². The van der Waals surface area contributed by atoms with Gasteiger partial charge in [-0.05, 0) is 0 Å². The van der Waals surface area contributed by atoms with Crippen molar-refractivity contribution < 1.29 is 20.6 Å². The fraction of sp³-hybridized carbons (Fsp3) is 0.391. The zero-order valence-electron chi connectivity index (χ0n) is 30.9. The van der Waals surface area contributed by atoms with Crippen LogP contribution in [0.3, 0.4) is 0 Å². The fourth-order valence-corrected chi connectivity index (χ4v) is 41.3. The Kier molecular flexibility index (Phi) is 11.4. The van der Waals surface area contributed by atoms with Gasteiger partial charge in [0, 0.05) is 0 Å². The summed E-state index contributed by atoms with van der Waals surface area (Å²) in [6.45, 7) is 19.7. The van der Waals surface area contributed by atoms with E-state index in [0.717, 1.165) is 0 Å². The van der Waals surface area contributed by atoms with E-state index in [1.54, 1.807) is 33.4 Å². The SMILES string of the molecule is CCCC1=Cc2c(-c3ccccc3C(C)CC)cccc2[CH]1[Hf]([CH]1C(CCC)=Cc2c(-c3ccccc3C(C)CC)cccc21)[SiH](C)C. The van der Waals surface area contributed by atoms with Gasteiger partial charge in [0.1, 0.15) is 0 Å². The maximum absolute atomic E-state index is 2.73. The molecule has 6 rings (SSSR count). The molecule has 4 atom stereocenters. The summed E-state index contributed by atoms with van der Waals surface area (Å²) in [7, 11) is 0. The van der Waals surface area contributed by atoms with Crippen molar-refractivity contribution in [3.8, 4) is 22.3 Å². The molecule has 48 heavy (non-hydrogen) atoms. The van der Waals surface area contributed by atoms with Gasteiger partial charge < -0.3 is 0 Å². The van der Waals surface area contributed by atoms with Gasteiger partial charge in [0.05, 0.1) is 0 Å². The molecule has 4 unspecified atom stereocenters. The average molecular weight is 817 g/mol. The van der Waals surface area contributed by atoms with Crippen LogP contribution in [0.1, 0.15) is 133 Å². The van der Waals surface area contributed by atoms with Crippen molar-refractivity contribution in [2.24, 2.45) is 0 Å². The van der Waals surface area contributed by atoms with Gasteiger partial charge in [-0.3, -0.25) is 0 Å². The minimum absolute atomic E-state index is 0.555. The summed E-state index contributed by atoms with van der Waals surface area (Å²) in [6.07, 6.45) is 12.6. The first-order chi connectivity index (χ1) is 23.3. The molecule has 0 N–H and O–H groups in total. The predicted octanol–water partition coefficient (Wildman–Crippen LogP) is 13.8. The monoisotopic (exact) mass is 817 g/mol. The molecule has 4 aromatic rings. The van der Waals surface area contributed by atoms with Crippen LogP contribution in [0.4, 0.5) is 0 Å². The van der Waals surface area contributed by atoms with E-state index in [9.17, 15) is 0 Å². The van der Waals surface area contributed by atoms with Crippen molar-refractivity contribution in [1.82, 2.24) is 0 Å². The summed E-state index contributed by atoms with van der Waals surface area (Å²) in [5.74, 6) is 0.165. The molecule has 0 aromatic heterocycles. The van der Waals surface area contributed by atoms with Crippen molar-refractivity contribution >= 4 is 18.1 Å². The van der Waals surface area contributed by atoms with E-state index in [0.29, 0.717) is 19.2 Å². The van der Waals surface area contributed by atoms with Crippen molar-refractivity contribution in [3.05, 3.63) is 129 Å². The number of rotatable bonds is 13. The minimum atomic E-state index is -2.43. The average Bonchev–Trinajstić information content (AvgIpc) is 3.66. The molecule has 0 heterocycles. The first kappa shape index (κ1) is 35.3. The number of allylic oxidation sites excluding steroid dienone is 2. The molecule has 0 radical (unpaired) electrons. The standard InChI is InChI=1S/2C22H25.C2H7Si.Hf/c2*1-4-9-17-14-18-10-8-13-21(22(18)15-17)20-12-7-6-11-19(20)16(3)5-2;1-3-2;/h2*6-8,10-16H,4-5,9H2,1-3H3;3H,1-2H3;. The zero-order valence-corrected chi connectivity index (χ0v) is 35.6. The third kappa shape index (κ3) is 6.54. The van der Waals surface area contributed by atoms with Crippen molar-refractivity contribution in [2.75, 3.05) is 0 Å². The molecule has 0 bridgehead atoms. The zero-order chi connectivity index (χ0) is 33.9. The summed E-state index contributed by atoms with van der Waals surface area (Å²) in [5, 5.41) is 0. The van der Waals surface area contributed by atoms with Gasteiger partial charge in [-0.25, -0.2) is 0 Å². The second-order valence-electron chi connectivity index (χ2n) is 14.9. The van der Waals surface area contributed by atoms with Crippen LogP contribution < -0.4 is 0 Å². The molecule has 0 nitrogen and oxygen atoms in total. The summed E-state index contributed by atoms with van der Waals surface area (Å²) in [5.41, 5.74) is 18.9. The van der Waals surface area contributed by atoms with Crippen molar-refractivity contribution in [2.45, 2.75) is 112 Å². The van der Waals surface area contributed by atoms with Crippen LogP contribution in [0.5, 0.6) is 0 Å².